The van der Waals surface area contributed by atoms with Gasteiger partial charge in [0.15, 0.2) is 0 Å². The summed E-state index contributed by atoms with van der Waals surface area (Å²) in [5.74, 6) is -0.444. The Morgan fingerprint density at radius 3 is 2.17 bits per heavy atom. The molecule has 3 N–H and O–H groups in total. The van der Waals surface area contributed by atoms with E-state index in [4.69, 9.17) is 5.73 Å². The molecule has 166 valence electrons. The third-order valence-corrected chi connectivity index (χ3v) is 4.10. The number of hydrogen-bond donors (Lipinski definition) is 2. The molecule has 0 fully saturated rings. The molecule has 0 aliphatic rings. The summed E-state index contributed by atoms with van der Waals surface area (Å²) in [6.45, 7) is 18.3. The second-order valence-electron chi connectivity index (χ2n) is 7.03. The molecule has 0 aliphatic heterocycles. The van der Waals surface area contributed by atoms with Crippen molar-refractivity contribution in [3.8, 4) is 0 Å². The van der Waals surface area contributed by atoms with Gasteiger partial charge in [-0.2, -0.15) is 5.10 Å². The van der Waals surface area contributed by atoms with Gasteiger partial charge in [0.1, 0.15) is 11.6 Å². The van der Waals surface area contributed by atoms with Gasteiger partial charge in [0, 0.05) is 29.6 Å². The molecule has 0 spiro atoms. The molecule has 2 rings (SSSR count). The van der Waals surface area contributed by atoms with Crippen LogP contribution in [0.4, 0.5) is 8.78 Å². The average molecular weight is 419 g/mol. The third-order valence-electron chi connectivity index (χ3n) is 4.10. The summed E-state index contributed by atoms with van der Waals surface area (Å²) >= 11 is 0. The van der Waals surface area contributed by atoms with Crippen LogP contribution in [0.5, 0.6) is 0 Å². The molecule has 1 aromatic carbocycles. The quantitative estimate of drug-likeness (QED) is 0.522. The Kier molecular flexibility index (Phi) is 12.9. The van der Waals surface area contributed by atoms with Crippen molar-refractivity contribution < 1.29 is 8.78 Å². The van der Waals surface area contributed by atoms with Gasteiger partial charge in [0.2, 0.25) is 0 Å². The van der Waals surface area contributed by atoms with Crippen molar-refractivity contribution in [3.05, 3.63) is 65.6 Å². The Hall–Kier alpha value is -2.76. The van der Waals surface area contributed by atoms with E-state index in [9.17, 15) is 8.78 Å². The molecule has 0 unspecified atom stereocenters. The number of nitrogens with two attached hydrogens (primary N) is 1. The minimum atomic E-state index is -0.558. The maximum Gasteiger partial charge on any atom is 0.133 e. The van der Waals surface area contributed by atoms with Crippen molar-refractivity contribution >= 4 is 16.9 Å². The van der Waals surface area contributed by atoms with Crippen LogP contribution in [-0.2, 0) is 0 Å². The van der Waals surface area contributed by atoms with E-state index in [0.717, 1.165) is 35.5 Å². The van der Waals surface area contributed by atoms with Crippen LogP contribution in [-0.4, -0.2) is 22.5 Å². The van der Waals surface area contributed by atoms with E-state index < -0.39 is 11.6 Å². The van der Waals surface area contributed by atoms with E-state index in [0.29, 0.717) is 11.5 Å². The Morgan fingerprint density at radius 1 is 1.23 bits per heavy atom. The van der Waals surface area contributed by atoms with Crippen molar-refractivity contribution in [2.45, 2.75) is 54.9 Å². The van der Waals surface area contributed by atoms with E-state index in [2.05, 4.69) is 35.6 Å². The van der Waals surface area contributed by atoms with E-state index >= 15 is 0 Å². The fourth-order valence-corrected chi connectivity index (χ4v) is 2.49. The number of nitrogens with zero attached hydrogens (tertiary/aromatic N) is 2. The molecule has 0 radical (unpaired) electrons. The SMILES string of the molecule is C=C(C)c1c(F)cccc1F.CC.CC(=NCCC(C)C)/C(=C\N)c1[nH]ncc1C. The number of benzene rings is 1. The van der Waals surface area contributed by atoms with E-state index in [1.807, 2.05) is 27.7 Å². The van der Waals surface area contributed by atoms with Crippen LogP contribution in [0.1, 0.15) is 64.8 Å². The number of allylic oxidation sites excluding steroid dienone is 2. The van der Waals surface area contributed by atoms with E-state index in [-0.39, 0.29) is 5.56 Å². The molecule has 0 amide bonds. The van der Waals surface area contributed by atoms with Crippen LogP contribution >= 0.6 is 0 Å². The lowest BCUT2D eigenvalue weighted by Crippen LogP contribution is -2.04. The first kappa shape index (κ1) is 27.2. The number of aliphatic imine (C=N–C) groups is 1. The molecule has 0 aliphatic carbocycles. The topological polar surface area (TPSA) is 67.1 Å². The number of aryl methyl sites for hydroxylation is 1. The average Bonchev–Trinajstić information content (AvgIpc) is 3.09. The molecular formula is C24H36F2N4. The first-order valence-corrected chi connectivity index (χ1v) is 10.2. The normalized spacial score (nSPS) is 11.4. The van der Waals surface area contributed by atoms with Crippen LogP contribution in [0, 0.1) is 24.5 Å². The van der Waals surface area contributed by atoms with Gasteiger partial charge in [-0.25, -0.2) is 8.78 Å². The Labute approximate surface area is 180 Å². The standard InChI is InChI=1S/C13H22N4.C9H8F2.C2H6/c1-9(2)5-6-15-11(4)12(7-14)13-10(3)8-16-17-13;1-6(2)9-7(10)4-3-5-8(9)11;1-2/h7-9H,5-6,14H2,1-4H3,(H,16,17);3-5H,1H2,2H3;1-2H3/b12-7+,15-11?;;. The summed E-state index contributed by atoms with van der Waals surface area (Å²) in [5.41, 5.74) is 9.99. The highest BCUT2D eigenvalue weighted by Gasteiger charge is 2.09. The largest absolute Gasteiger partial charge is 0.404 e. The summed E-state index contributed by atoms with van der Waals surface area (Å²) in [6.07, 6.45) is 4.48. The molecule has 2 aromatic rings. The van der Waals surface area contributed by atoms with Gasteiger partial charge in [-0.1, -0.05) is 40.3 Å². The second-order valence-corrected chi connectivity index (χ2v) is 7.03. The Bertz CT molecular complexity index is 828. The van der Waals surface area contributed by atoms with Gasteiger partial charge >= 0.3 is 0 Å². The van der Waals surface area contributed by atoms with E-state index in [1.54, 1.807) is 19.3 Å². The molecule has 0 atom stereocenters. The zero-order chi connectivity index (χ0) is 23.3. The number of halogens is 2. The summed E-state index contributed by atoms with van der Waals surface area (Å²) in [7, 11) is 0. The lowest BCUT2D eigenvalue weighted by atomic mass is 10.1. The van der Waals surface area contributed by atoms with Gasteiger partial charge in [0.05, 0.1) is 11.9 Å². The van der Waals surface area contributed by atoms with Gasteiger partial charge < -0.3 is 5.73 Å². The third kappa shape index (κ3) is 8.72. The van der Waals surface area contributed by atoms with Crippen molar-refractivity contribution in [2.75, 3.05) is 6.54 Å². The molecule has 30 heavy (non-hydrogen) atoms. The zero-order valence-corrected chi connectivity index (χ0v) is 19.3. The van der Waals surface area contributed by atoms with Crippen LogP contribution in [0.3, 0.4) is 0 Å². The molecule has 6 heteroatoms. The number of nitrogens with one attached hydrogen (secondary N) is 1. The monoisotopic (exact) mass is 418 g/mol. The van der Waals surface area contributed by atoms with E-state index in [1.165, 1.54) is 18.2 Å². The number of H-pyrrole nitrogens is 1. The molecule has 1 aromatic heterocycles. The van der Waals surface area contributed by atoms with Crippen molar-refractivity contribution in [1.82, 2.24) is 10.2 Å². The summed E-state index contributed by atoms with van der Waals surface area (Å²) in [4.78, 5) is 4.55. The molecule has 0 saturated carbocycles. The van der Waals surface area contributed by atoms with Crippen molar-refractivity contribution in [3.63, 3.8) is 0 Å². The first-order chi connectivity index (χ1) is 14.2. The highest BCUT2D eigenvalue weighted by Crippen LogP contribution is 2.19. The zero-order valence-electron chi connectivity index (χ0n) is 19.3. The van der Waals surface area contributed by atoms with Crippen LogP contribution in [0.25, 0.3) is 11.1 Å². The maximum atomic E-state index is 12.8. The molecule has 4 nitrogen and oxygen atoms in total. The van der Waals surface area contributed by atoms with Gasteiger partial charge in [-0.3, -0.25) is 10.1 Å². The molecule has 0 saturated heterocycles. The second kappa shape index (κ2) is 14.3. The summed E-state index contributed by atoms with van der Waals surface area (Å²) in [5, 5.41) is 6.96. The summed E-state index contributed by atoms with van der Waals surface area (Å²) in [6, 6.07) is 3.76. The fourth-order valence-electron chi connectivity index (χ4n) is 2.49. The minimum Gasteiger partial charge on any atom is -0.404 e. The maximum absolute atomic E-state index is 12.8. The Balaban J connectivity index is 0.000000557. The lowest BCUT2D eigenvalue weighted by molar-refractivity contribution is 0.577. The van der Waals surface area contributed by atoms with Crippen molar-refractivity contribution in [1.29, 1.82) is 0 Å². The lowest BCUT2D eigenvalue weighted by Gasteiger charge is -2.06. The van der Waals surface area contributed by atoms with Crippen LogP contribution in [0.15, 0.2) is 42.2 Å². The Morgan fingerprint density at radius 2 is 1.80 bits per heavy atom. The van der Waals surface area contributed by atoms with Crippen LogP contribution < -0.4 is 5.73 Å². The number of rotatable bonds is 6. The summed E-state index contributed by atoms with van der Waals surface area (Å²) < 4.78 is 25.6. The first-order valence-electron chi connectivity index (χ1n) is 10.2. The van der Waals surface area contributed by atoms with Crippen molar-refractivity contribution in [2.24, 2.45) is 16.6 Å². The van der Waals surface area contributed by atoms with Gasteiger partial charge in [-0.15, -0.1) is 0 Å². The minimum absolute atomic E-state index is 0.0208. The number of aromatic amines is 1. The van der Waals surface area contributed by atoms with Gasteiger partial charge in [0.25, 0.3) is 0 Å². The van der Waals surface area contributed by atoms with Gasteiger partial charge in [-0.05, 0) is 56.4 Å². The molecule has 1 heterocycles. The molecular weight excluding hydrogens is 382 g/mol. The predicted octanol–water partition coefficient (Wildman–Crippen LogP) is 6.55. The predicted molar refractivity (Wildman–Crippen MR) is 125 cm³/mol. The number of aromatic nitrogens is 2. The van der Waals surface area contributed by atoms with Crippen LogP contribution in [0.2, 0.25) is 0 Å². The highest BCUT2D eigenvalue weighted by atomic mass is 19.1. The fraction of sp³-hybridized carbons (Fsp3) is 0.417. The number of hydrogen-bond acceptors (Lipinski definition) is 3. The smallest absolute Gasteiger partial charge is 0.133 e. The highest BCUT2D eigenvalue weighted by molar-refractivity contribution is 6.22. The molecule has 0 bridgehead atoms.